The number of hydrogen-bond donors (Lipinski definition) is 1. The van der Waals surface area contributed by atoms with Crippen molar-refractivity contribution < 1.29 is 14.4 Å². The molecule has 0 saturated carbocycles. The number of rotatable bonds is 4. The van der Waals surface area contributed by atoms with Gasteiger partial charge in [-0.2, -0.15) is 0 Å². The molecule has 1 aliphatic rings. The lowest BCUT2D eigenvalue weighted by molar-refractivity contribution is -0.146. The lowest BCUT2D eigenvalue weighted by atomic mass is 10.0. The van der Waals surface area contributed by atoms with Crippen LogP contribution in [-0.4, -0.2) is 33.5 Å². The van der Waals surface area contributed by atoms with Crippen LogP contribution in [0, 0.1) is 5.92 Å². The van der Waals surface area contributed by atoms with Gasteiger partial charge in [0.1, 0.15) is 6.04 Å². The molecule has 0 bridgehead atoms. The van der Waals surface area contributed by atoms with E-state index >= 15 is 0 Å². The van der Waals surface area contributed by atoms with Crippen LogP contribution in [0.5, 0.6) is 0 Å². The summed E-state index contributed by atoms with van der Waals surface area (Å²) in [5, 5.41) is 1.01. The number of aromatic nitrogens is 1. The van der Waals surface area contributed by atoms with Crippen molar-refractivity contribution in [2.45, 2.75) is 32.7 Å². The van der Waals surface area contributed by atoms with Gasteiger partial charge in [-0.3, -0.25) is 19.3 Å². The average Bonchev–Trinajstić information content (AvgIpc) is 2.99. The predicted octanol–water partition coefficient (Wildman–Crippen LogP) is 2.06. The number of nitrogens with zero attached hydrogens (tertiary/aromatic N) is 1. The van der Waals surface area contributed by atoms with E-state index in [1.807, 2.05) is 30.5 Å². The molecule has 1 unspecified atom stereocenters. The molecule has 1 saturated heterocycles. The standard InChI is InChI=1S/C17H18N2O3/c1-10-7-16(21)19(17(10)22)15(11(2)20)8-12-9-18-14-6-4-3-5-13(12)14/h3-6,9-10,15,18H,7-8H2,1-2H3/t10?,15-/m0/s1. The second kappa shape index (κ2) is 5.40. The van der Waals surface area contributed by atoms with E-state index in [0.717, 1.165) is 21.4 Å². The van der Waals surface area contributed by atoms with Gasteiger partial charge in [-0.05, 0) is 18.6 Å². The van der Waals surface area contributed by atoms with Crippen LogP contribution in [-0.2, 0) is 20.8 Å². The number of H-pyrrole nitrogens is 1. The smallest absolute Gasteiger partial charge is 0.233 e. The summed E-state index contributed by atoms with van der Waals surface area (Å²) in [6.45, 7) is 3.16. The summed E-state index contributed by atoms with van der Waals surface area (Å²) in [5.41, 5.74) is 1.92. The van der Waals surface area contributed by atoms with Gasteiger partial charge in [-0.1, -0.05) is 25.1 Å². The van der Waals surface area contributed by atoms with E-state index in [-0.39, 0.29) is 29.9 Å². The summed E-state index contributed by atoms with van der Waals surface area (Å²) < 4.78 is 0. The van der Waals surface area contributed by atoms with Crippen LogP contribution in [0.4, 0.5) is 0 Å². The third-order valence-electron chi connectivity index (χ3n) is 4.28. The number of likely N-dealkylation sites (tertiary alicyclic amines) is 1. The molecule has 2 heterocycles. The number of ketones is 1. The molecule has 1 fully saturated rings. The molecule has 114 valence electrons. The molecular formula is C17H18N2O3. The third-order valence-corrected chi connectivity index (χ3v) is 4.28. The summed E-state index contributed by atoms with van der Waals surface area (Å²) in [6, 6.07) is 7.06. The van der Waals surface area contributed by atoms with Gasteiger partial charge in [-0.25, -0.2) is 0 Å². The molecule has 0 radical (unpaired) electrons. The molecule has 0 aliphatic carbocycles. The largest absolute Gasteiger partial charge is 0.361 e. The van der Waals surface area contributed by atoms with E-state index in [1.165, 1.54) is 6.92 Å². The Balaban J connectivity index is 1.94. The molecule has 1 aliphatic heterocycles. The highest BCUT2D eigenvalue weighted by atomic mass is 16.2. The Hall–Kier alpha value is -2.43. The van der Waals surface area contributed by atoms with Crippen LogP contribution >= 0.6 is 0 Å². The second-order valence-electron chi connectivity index (χ2n) is 5.90. The molecule has 5 heteroatoms. The van der Waals surface area contributed by atoms with Gasteiger partial charge >= 0.3 is 0 Å². The van der Waals surface area contributed by atoms with Crippen LogP contribution in [0.15, 0.2) is 30.5 Å². The Morgan fingerprint density at radius 3 is 2.73 bits per heavy atom. The lowest BCUT2D eigenvalue weighted by Gasteiger charge is -2.24. The van der Waals surface area contributed by atoms with Gasteiger partial charge in [0.05, 0.1) is 0 Å². The number of amides is 2. The van der Waals surface area contributed by atoms with E-state index in [2.05, 4.69) is 4.98 Å². The molecule has 22 heavy (non-hydrogen) atoms. The first-order valence-electron chi connectivity index (χ1n) is 7.40. The summed E-state index contributed by atoms with van der Waals surface area (Å²) in [7, 11) is 0. The zero-order chi connectivity index (χ0) is 15.9. The average molecular weight is 298 g/mol. The first-order chi connectivity index (χ1) is 10.5. The minimum Gasteiger partial charge on any atom is -0.361 e. The van der Waals surface area contributed by atoms with Crippen molar-refractivity contribution in [2.75, 3.05) is 0 Å². The predicted molar refractivity (Wildman–Crippen MR) is 82.1 cm³/mol. The zero-order valence-corrected chi connectivity index (χ0v) is 12.6. The van der Waals surface area contributed by atoms with E-state index < -0.39 is 6.04 Å². The summed E-state index contributed by atoms with van der Waals surface area (Å²) in [6.07, 6.45) is 2.38. The van der Waals surface area contributed by atoms with Crippen molar-refractivity contribution in [2.24, 2.45) is 5.92 Å². The lowest BCUT2D eigenvalue weighted by Crippen LogP contribution is -2.45. The normalized spacial score (nSPS) is 19.9. The van der Waals surface area contributed by atoms with Gasteiger partial charge < -0.3 is 4.98 Å². The fourth-order valence-corrected chi connectivity index (χ4v) is 3.06. The number of nitrogens with one attached hydrogen (secondary N) is 1. The molecule has 2 atom stereocenters. The van der Waals surface area contributed by atoms with E-state index in [4.69, 9.17) is 0 Å². The number of benzene rings is 1. The molecule has 1 aromatic heterocycles. The molecule has 5 nitrogen and oxygen atoms in total. The van der Waals surface area contributed by atoms with Gasteiger partial charge in [-0.15, -0.1) is 0 Å². The molecule has 1 aromatic carbocycles. The maximum absolute atomic E-state index is 12.2. The van der Waals surface area contributed by atoms with Crippen LogP contribution < -0.4 is 0 Å². The number of carbonyl (C=O) groups is 3. The Bertz CT molecular complexity index is 762. The summed E-state index contributed by atoms with van der Waals surface area (Å²) in [5.74, 6) is -0.999. The van der Waals surface area contributed by atoms with Crippen LogP contribution in [0.25, 0.3) is 10.9 Å². The number of hydrogen-bond acceptors (Lipinski definition) is 3. The first-order valence-corrected chi connectivity index (χ1v) is 7.40. The molecule has 3 rings (SSSR count). The molecule has 2 aromatic rings. The minimum absolute atomic E-state index is 0.166. The van der Waals surface area contributed by atoms with Gasteiger partial charge in [0, 0.05) is 35.9 Å². The van der Waals surface area contributed by atoms with Crippen LogP contribution in [0.1, 0.15) is 25.8 Å². The first kappa shape index (κ1) is 14.5. The minimum atomic E-state index is -0.718. The fourth-order valence-electron chi connectivity index (χ4n) is 3.06. The monoisotopic (exact) mass is 298 g/mol. The molecular weight excluding hydrogens is 280 g/mol. The van der Waals surface area contributed by atoms with Crippen molar-refractivity contribution in [3.05, 3.63) is 36.0 Å². The topological polar surface area (TPSA) is 70.2 Å². The second-order valence-corrected chi connectivity index (χ2v) is 5.90. The molecule has 1 N–H and O–H groups in total. The van der Waals surface area contributed by atoms with E-state index in [0.29, 0.717) is 6.42 Å². The number of carbonyl (C=O) groups excluding carboxylic acids is 3. The molecule has 2 amide bonds. The van der Waals surface area contributed by atoms with Gasteiger partial charge in [0.2, 0.25) is 11.8 Å². The number of imide groups is 1. The van der Waals surface area contributed by atoms with Crippen molar-refractivity contribution in [1.29, 1.82) is 0 Å². The van der Waals surface area contributed by atoms with Crippen LogP contribution in [0.3, 0.4) is 0 Å². The Morgan fingerprint density at radius 2 is 2.09 bits per heavy atom. The number of fused-ring (bicyclic) bond motifs is 1. The number of para-hydroxylation sites is 1. The SMILES string of the molecule is CC(=O)[C@H](Cc1c[nH]c2ccccc12)N1C(=O)CC(C)C1=O. The third kappa shape index (κ3) is 2.32. The zero-order valence-electron chi connectivity index (χ0n) is 12.6. The Kier molecular flexibility index (Phi) is 3.56. The highest BCUT2D eigenvalue weighted by molar-refractivity contribution is 6.07. The maximum atomic E-state index is 12.2. The Labute approximate surface area is 128 Å². The van der Waals surface area contributed by atoms with Crippen molar-refractivity contribution in [1.82, 2.24) is 9.88 Å². The van der Waals surface area contributed by atoms with Crippen molar-refractivity contribution in [3.63, 3.8) is 0 Å². The highest BCUT2D eigenvalue weighted by Gasteiger charge is 2.41. The quantitative estimate of drug-likeness (QED) is 0.878. The van der Waals surface area contributed by atoms with E-state index in [1.54, 1.807) is 6.92 Å². The van der Waals surface area contributed by atoms with Crippen molar-refractivity contribution >= 4 is 28.5 Å². The summed E-state index contributed by atoms with van der Waals surface area (Å²) >= 11 is 0. The fraction of sp³-hybridized carbons (Fsp3) is 0.353. The van der Waals surface area contributed by atoms with E-state index in [9.17, 15) is 14.4 Å². The highest BCUT2D eigenvalue weighted by Crippen LogP contribution is 2.26. The van der Waals surface area contributed by atoms with Crippen molar-refractivity contribution in [3.8, 4) is 0 Å². The summed E-state index contributed by atoms with van der Waals surface area (Å²) in [4.78, 5) is 40.6. The number of aromatic amines is 1. The van der Waals surface area contributed by atoms with Gasteiger partial charge in [0.15, 0.2) is 5.78 Å². The maximum Gasteiger partial charge on any atom is 0.233 e. The molecule has 0 spiro atoms. The number of Topliss-reactive ketones (excluding diaryl/α,β-unsaturated/α-hetero) is 1. The Morgan fingerprint density at radius 1 is 1.36 bits per heavy atom. The van der Waals surface area contributed by atoms with Crippen LogP contribution in [0.2, 0.25) is 0 Å². The van der Waals surface area contributed by atoms with Gasteiger partial charge in [0.25, 0.3) is 0 Å².